The van der Waals surface area contributed by atoms with Crippen LogP contribution in [-0.4, -0.2) is 21.4 Å². The van der Waals surface area contributed by atoms with Crippen LogP contribution in [0.3, 0.4) is 0 Å². The third kappa shape index (κ3) is 5.08. The molecule has 1 aliphatic heterocycles. The molecule has 0 unspecified atom stereocenters. The molecule has 1 aromatic rings. The largest absolute Gasteiger partial charge is 0.333 e. The second-order valence-corrected chi connectivity index (χ2v) is 8.05. The summed E-state index contributed by atoms with van der Waals surface area (Å²) in [6.45, 7) is 12.5. The zero-order valence-electron chi connectivity index (χ0n) is 13.6. The van der Waals surface area contributed by atoms with Gasteiger partial charge < -0.3 is 10.6 Å². The van der Waals surface area contributed by atoms with Gasteiger partial charge >= 0.3 is 0 Å². The number of anilines is 2. The van der Waals surface area contributed by atoms with Crippen LogP contribution in [0.25, 0.3) is 0 Å². The van der Waals surface area contributed by atoms with E-state index in [1.54, 1.807) is 11.8 Å². The smallest absolute Gasteiger partial charge is 0.169 e. The molecule has 2 rings (SSSR count). The lowest BCUT2D eigenvalue weighted by Gasteiger charge is -2.17. The molecule has 2 N–H and O–H groups in total. The van der Waals surface area contributed by atoms with Crippen molar-refractivity contribution in [2.45, 2.75) is 52.6 Å². The van der Waals surface area contributed by atoms with E-state index in [1.165, 1.54) is 0 Å². The van der Waals surface area contributed by atoms with Crippen LogP contribution in [0.15, 0.2) is 34.3 Å². The predicted molar refractivity (Wildman–Crippen MR) is 95.7 cm³/mol. The van der Waals surface area contributed by atoms with Gasteiger partial charge in [-0.25, -0.2) is 0 Å². The van der Waals surface area contributed by atoms with Crippen LogP contribution in [0.1, 0.15) is 41.5 Å². The minimum atomic E-state index is -0.137. The van der Waals surface area contributed by atoms with Crippen molar-refractivity contribution in [1.29, 1.82) is 0 Å². The number of rotatable bonds is 0. The van der Waals surface area contributed by atoms with Crippen LogP contribution in [0, 0.1) is 0 Å². The first-order valence-electron chi connectivity index (χ1n) is 7.13. The Bertz CT molecular complexity index is 526. The molecule has 0 saturated carbocycles. The average molecular weight is 304 g/mol. The summed E-state index contributed by atoms with van der Waals surface area (Å²) in [6.07, 6.45) is 0. The van der Waals surface area contributed by atoms with Gasteiger partial charge in [-0.1, -0.05) is 12.1 Å². The van der Waals surface area contributed by atoms with Gasteiger partial charge in [0.2, 0.25) is 0 Å². The molecule has 5 heteroatoms. The Morgan fingerprint density at radius 2 is 1.14 bits per heavy atom. The topological polar surface area (TPSA) is 48.8 Å². The lowest BCUT2D eigenvalue weighted by atomic mass is 10.1. The fourth-order valence-electron chi connectivity index (χ4n) is 1.78. The standard InChI is InChI=1S/C16H24N4S/c1-15(2,3)19-13-17-11-9-7-8-10-12(11)18-14(21-13)20-16(4,5)6/h7-10H,1-6H3,(H,17,19)(H,18,20). The molecule has 0 aliphatic carbocycles. The second kappa shape index (κ2) is 5.72. The monoisotopic (exact) mass is 304 g/mol. The highest BCUT2D eigenvalue weighted by Gasteiger charge is 2.20. The first-order chi connectivity index (χ1) is 9.62. The lowest BCUT2D eigenvalue weighted by molar-refractivity contribution is 0.585. The second-order valence-electron chi connectivity index (χ2n) is 7.07. The summed E-state index contributed by atoms with van der Waals surface area (Å²) >= 11 is 1.54. The molecule has 0 saturated heterocycles. The predicted octanol–water partition coefficient (Wildman–Crippen LogP) is 4.57. The van der Waals surface area contributed by atoms with Crippen LogP contribution >= 0.6 is 11.8 Å². The Labute approximate surface area is 131 Å². The van der Waals surface area contributed by atoms with E-state index < -0.39 is 0 Å². The maximum absolute atomic E-state index is 4.76. The summed E-state index contributed by atoms with van der Waals surface area (Å²) in [7, 11) is 0. The van der Waals surface area contributed by atoms with Gasteiger partial charge in [0.15, 0.2) is 10.3 Å². The molecule has 0 aromatic heterocycles. The molecule has 0 radical (unpaired) electrons. The summed E-state index contributed by atoms with van der Waals surface area (Å²) in [5.74, 6) is 0. The Kier molecular flexibility index (Phi) is 4.33. The van der Waals surface area contributed by atoms with E-state index in [9.17, 15) is 0 Å². The Balaban J connectivity index is 2.44. The third-order valence-corrected chi connectivity index (χ3v) is 3.25. The highest BCUT2D eigenvalue weighted by molar-refractivity contribution is 8.27. The molecule has 114 valence electrons. The minimum absolute atomic E-state index is 0.137. The van der Waals surface area contributed by atoms with Crippen molar-refractivity contribution < 1.29 is 0 Å². The number of hydrogen-bond acceptors (Lipinski definition) is 3. The van der Waals surface area contributed by atoms with Gasteiger partial charge in [-0.05, 0) is 65.4 Å². The normalized spacial score (nSPS) is 19.7. The molecular formula is C16H24N4S. The number of nitrogens with one attached hydrogen (secondary N) is 2. The number of benzene rings is 1. The van der Waals surface area contributed by atoms with E-state index >= 15 is 0 Å². The van der Waals surface area contributed by atoms with Crippen LogP contribution in [0.5, 0.6) is 0 Å². The molecule has 0 amide bonds. The van der Waals surface area contributed by atoms with Gasteiger partial charge in [-0.2, -0.15) is 0 Å². The lowest BCUT2D eigenvalue weighted by Crippen LogP contribution is -2.20. The first kappa shape index (κ1) is 15.9. The molecule has 21 heavy (non-hydrogen) atoms. The number of para-hydroxylation sites is 2. The summed E-state index contributed by atoms with van der Waals surface area (Å²) in [6, 6.07) is 8.11. The number of amidine groups is 2. The number of aliphatic imine (C=N–C) groups is 2. The Hall–Kier alpha value is -1.49. The molecular weight excluding hydrogens is 280 g/mol. The van der Waals surface area contributed by atoms with Crippen LogP contribution in [0.4, 0.5) is 11.4 Å². The van der Waals surface area contributed by atoms with E-state index in [0.29, 0.717) is 0 Å². The van der Waals surface area contributed by atoms with Crippen molar-refractivity contribution in [2.24, 2.45) is 9.98 Å². The number of fused-ring (bicyclic) bond motifs is 1. The third-order valence-electron chi connectivity index (χ3n) is 2.48. The van der Waals surface area contributed by atoms with E-state index in [1.807, 2.05) is 24.3 Å². The molecule has 1 heterocycles. The molecule has 0 fully saturated rings. The number of hydrogen-bond donors (Lipinski definition) is 2. The molecule has 1 aromatic carbocycles. The van der Waals surface area contributed by atoms with Crippen molar-refractivity contribution >= 4 is 33.5 Å². The van der Waals surface area contributed by atoms with Crippen molar-refractivity contribution in [3.63, 3.8) is 0 Å². The fraction of sp³-hybridized carbons (Fsp3) is 0.500. The Morgan fingerprint density at radius 1 is 0.762 bits per heavy atom. The maximum Gasteiger partial charge on any atom is 0.169 e. The van der Waals surface area contributed by atoms with E-state index in [2.05, 4.69) is 52.2 Å². The van der Waals surface area contributed by atoms with Gasteiger partial charge in [-0.3, -0.25) is 9.98 Å². The number of nitrogens with zero attached hydrogens (tertiary/aromatic N) is 2. The van der Waals surface area contributed by atoms with Crippen molar-refractivity contribution in [3.8, 4) is 0 Å². The first-order valence-corrected chi connectivity index (χ1v) is 7.95. The molecule has 0 bridgehead atoms. The molecule has 0 atom stereocenters. The molecule has 0 spiro atoms. The van der Waals surface area contributed by atoms with Gasteiger partial charge in [0.1, 0.15) is 0 Å². The van der Waals surface area contributed by atoms with Crippen molar-refractivity contribution in [2.75, 3.05) is 10.6 Å². The summed E-state index contributed by atoms with van der Waals surface area (Å²) < 4.78 is 0. The van der Waals surface area contributed by atoms with Crippen LogP contribution in [-0.2, 0) is 0 Å². The van der Waals surface area contributed by atoms with Crippen LogP contribution in [0.2, 0.25) is 0 Å². The zero-order chi connectivity index (χ0) is 15.7. The van der Waals surface area contributed by atoms with Crippen molar-refractivity contribution in [3.05, 3.63) is 24.3 Å². The quantitative estimate of drug-likeness (QED) is 0.738. The van der Waals surface area contributed by atoms with Gasteiger partial charge in [0, 0.05) is 0 Å². The highest BCUT2D eigenvalue weighted by Crippen LogP contribution is 2.29. The Morgan fingerprint density at radius 3 is 1.48 bits per heavy atom. The zero-order valence-corrected chi connectivity index (χ0v) is 14.4. The average Bonchev–Trinajstić information content (AvgIpc) is 2.42. The van der Waals surface area contributed by atoms with E-state index in [0.717, 1.165) is 21.7 Å². The van der Waals surface area contributed by atoms with Gasteiger partial charge in [0.05, 0.1) is 22.5 Å². The molecule has 1 aliphatic rings. The summed E-state index contributed by atoms with van der Waals surface area (Å²) in [4.78, 5) is 9.51. The number of thioether (sulfide) groups is 1. The van der Waals surface area contributed by atoms with E-state index in [-0.39, 0.29) is 11.1 Å². The fourth-order valence-corrected chi connectivity index (χ4v) is 2.93. The SMILES string of the molecule is CC(C)(C)N=C1Nc2ccccc2NC(=NC(C)(C)C)S1. The summed E-state index contributed by atoms with van der Waals surface area (Å²) in [5.41, 5.74) is 1.77. The highest BCUT2D eigenvalue weighted by atomic mass is 32.2. The van der Waals surface area contributed by atoms with Gasteiger partial charge in [0.25, 0.3) is 0 Å². The van der Waals surface area contributed by atoms with Gasteiger partial charge in [-0.15, -0.1) is 0 Å². The minimum Gasteiger partial charge on any atom is -0.333 e. The maximum atomic E-state index is 4.76. The summed E-state index contributed by atoms with van der Waals surface area (Å²) in [5, 5.41) is 8.53. The van der Waals surface area contributed by atoms with E-state index in [4.69, 9.17) is 9.98 Å². The van der Waals surface area contributed by atoms with Crippen LogP contribution < -0.4 is 10.6 Å². The van der Waals surface area contributed by atoms with Crippen molar-refractivity contribution in [1.82, 2.24) is 0 Å². The molecule has 4 nitrogen and oxygen atoms in total.